The SMILES string of the molecule is CCOc1c(Cl)cc(C=C(CC)CN)cc1OC. The predicted molar refractivity (Wildman–Crippen MR) is 76.5 cm³/mol. The van der Waals surface area contributed by atoms with E-state index in [9.17, 15) is 0 Å². The van der Waals surface area contributed by atoms with E-state index in [4.69, 9.17) is 26.8 Å². The van der Waals surface area contributed by atoms with Gasteiger partial charge in [0.05, 0.1) is 18.7 Å². The number of hydrogen-bond acceptors (Lipinski definition) is 3. The second kappa shape index (κ2) is 7.29. The molecule has 1 aromatic carbocycles. The minimum absolute atomic E-state index is 0.545. The Bertz CT molecular complexity index is 424. The highest BCUT2D eigenvalue weighted by molar-refractivity contribution is 6.32. The highest BCUT2D eigenvalue weighted by atomic mass is 35.5. The fourth-order valence-corrected chi connectivity index (χ4v) is 1.92. The van der Waals surface area contributed by atoms with Crippen LogP contribution in [-0.2, 0) is 0 Å². The second-order valence-corrected chi connectivity index (χ2v) is 4.23. The third-order valence-electron chi connectivity index (χ3n) is 2.63. The molecule has 0 unspecified atom stereocenters. The monoisotopic (exact) mass is 269 g/mol. The lowest BCUT2D eigenvalue weighted by atomic mass is 10.1. The van der Waals surface area contributed by atoms with Crippen molar-refractivity contribution in [3.63, 3.8) is 0 Å². The number of benzene rings is 1. The summed E-state index contributed by atoms with van der Waals surface area (Å²) in [6.45, 7) is 5.08. The van der Waals surface area contributed by atoms with Crippen LogP contribution in [0.4, 0.5) is 0 Å². The number of nitrogens with two attached hydrogens (primary N) is 1. The Hall–Kier alpha value is -1.19. The quantitative estimate of drug-likeness (QED) is 0.860. The minimum atomic E-state index is 0.545. The van der Waals surface area contributed by atoms with E-state index in [1.165, 1.54) is 0 Å². The summed E-state index contributed by atoms with van der Waals surface area (Å²) >= 11 is 6.20. The van der Waals surface area contributed by atoms with Crippen LogP contribution in [-0.4, -0.2) is 20.3 Å². The van der Waals surface area contributed by atoms with E-state index < -0.39 is 0 Å². The van der Waals surface area contributed by atoms with Gasteiger partial charge in [0.25, 0.3) is 0 Å². The van der Waals surface area contributed by atoms with Crippen molar-refractivity contribution in [2.75, 3.05) is 20.3 Å². The van der Waals surface area contributed by atoms with E-state index in [-0.39, 0.29) is 0 Å². The maximum absolute atomic E-state index is 6.20. The molecule has 3 nitrogen and oxygen atoms in total. The van der Waals surface area contributed by atoms with Gasteiger partial charge in [-0.2, -0.15) is 0 Å². The zero-order valence-corrected chi connectivity index (χ0v) is 11.9. The smallest absolute Gasteiger partial charge is 0.179 e. The fraction of sp³-hybridized carbons (Fsp3) is 0.429. The lowest BCUT2D eigenvalue weighted by molar-refractivity contribution is 0.311. The summed E-state index contributed by atoms with van der Waals surface area (Å²) in [6, 6.07) is 3.77. The minimum Gasteiger partial charge on any atom is -0.493 e. The van der Waals surface area contributed by atoms with Crippen molar-refractivity contribution < 1.29 is 9.47 Å². The van der Waals surface area contributed by atoms with Crippen LogP contribution >= 0.6 is 11.6 Å². The first-order chi connectivity index (χ1) is 8.65. The highest BCUT2D eigenvalue weighted by Crippen LogP contribution is 2.37. The lowest BCUT2D eigenvalue weighted by Crippen LogP contribution is -2.02. The van der Waals surface area contributed by atoms with Crippen molar-refractivity contribution in [1.82, 2.24) is 0 Å². The average Bonchev–Trinajstić information content (AvgIpc) is 2.38. The summed E-state index contributed by atoms with van der Waals surface area (Å²) < 4.78 is 10.8. The van der Waals surface area contributed by atoms with Crippen molar-refractivity contribution in [3.8, 4) is 11.5 Å². The molecule has 100 valence electrons. The molecule has 0 saturated heterocycles. The molecule has 0 heterocycles. The van der Waals surface area contributed by atoms with Gasteiger partial charge in [-0.25, -0.2) is 0 Å². The molecule has 0 saturated carbocycles. The molecule has 0 fully saturated rings. The molecule has 0 radical (unpaired) electrons. The molecule has 0 aromatic heterocycles. The standard InChI is InChI=1S/C14H20ClNO2/c1-4-10(9-16)6-11-7-12(15)14(18-5-2)13(8-11)17-3/h6-8H,4-5,9,16H2,1-3H3. The molecular formula is C14H20ClNO2. The van der Waals surface area contributed by atoms with Crippen LogP contribution in [0.3, 0.4) is 0 Å². The Morgan fingerprint density at radius 1 is 1.39 bits per heavy atom. The Labute approximate surface area is 114 Å². The van der Waals surface area contributed by atoms with Crippen LogP contribution in [0.2, 0.25) is 5.02 Å². The molecule has 1 rings (SSSR count). The largest absolute Gasteiger partial charge is 0.493 e. The van der Waals surface area contributed by atoms with Gasteiger partial charge in [0.15, 0.2) is 11.5 Å². The van der Waals surface area contributed by atoms with Crippen LogP contribution in [0.1, 0.15) is 25.8 Å². The van der Waals surface area contributed by atoms with Crippen LogP contribution in [0.25, 0.3) is 6.08 Å². The molecule has 4 heteroatoms. The Morgan fingerprint density at radius 2 is 2.11 bits per heavy atom. The maximum Gasteiger partial charge on any atom is 0.179 e. The number of halogens is 1. The van der Waals surface area contributed by atoms with Gasteiger partial charge in [-0.1, -0.05) is 30.2 Å². The van der Waals surface area contributed by atoms with Crippen molar-refractivity contribution in [1.29, 1.82) is 0 Å². The molecule has 0 aliphatic rings. The third kappa shape index (κ3) is 3.65. The molecular weight excluding hydrogens is 250 g/mol. The van der Waals surface area contributed by atoms with Gasteiger partial charge in [-0.3, -0.25) is 0 Å². The summed E-state index contributed by atoms with van der Waals surface area (Å²) in [6.07, 6.45) is 2.95. The Kier molecular flexibility index (Phi) is 6.02. The molecule has 0 amide bonds. The van der Waals surface area contributed by atoms with Crippen LogP contribution in [0, 0.1) is 0 Å². The number of hydrogen-bond donors (Lipinski definition) is 1. The van der Waals surface area contributed by atoms with Gasteiger partial charge in [-0.05, 0) is 31.0 Å². The van der Waals surface area contributed by atoms with Gasteiger partial charge in [0, 0.05) is 6.54 Å². The highest BCUT2D eigenvalue weighted by Gasteiger charge is 2.10. The van der Waals surface area contributed by atoms with Crippen LogP contribution < -0.4 is 15.2 Å². The summed E-state index contributed by atoms with van der Waals surface area (Å²) in [4.78, 5) is 0. The number of rotatable bonds is 6. The van der Waals surface area contributed by atoms with E-state index in [2.05, 4.69) is 6.92 Å². The lowest BCUT2D eigenvalue weighted by Gasteiger charge is -2.12. The summed E-state index contributed by atoms with van der Waals surface area (Å²) in [7, 11) is 1.60. The maximum atomic E-state index is 6.20. The van der Waals surface area contributed by atoms with E-state index in [1.807, 2.05) is 25.1 Å². The molecule has 0 aliphatic carbocycles. The van der Waals surface area contributed by atoms with Gasteiger partial charge in [0.2, 0.25) is 0 Å². The summed E-state index contributed by atoms with van der Waals surface area (Å²) in [5.74, 6) is 1.23. The molecule has 0 aliphatic heterocycles. The van der Waals surface area contributed by atoms with Crippen molar-refractivity contribution in [3.05, 3.63) is 28.3 Å². The van der Waals surface area contributed by atoms with Crippen LogP contribution in [0.5, 0.6) is 11.5 Å². The first kappa shape index (κ1) is 14.9. The van der Waals surface area contributed by atoms with Gasteiger partial charge < -0.3 is 15.2 Å². The zero-order valence-electron chi connectivity index (χ0n) is 11.1. The number of ether oxygens (including phenoxy) is 2. The van der Waals surface area contributed by atoms with E-state index >= 15 is 0 Å². The molecule has 2 N–H and O–H groups in total. The normalized spacial score (nSPS) is 11.5. The van der Waals surface area contributed by atoms with Gasteiger partial charge >= 0.3 is 0 Å². The van der Waals surface area contributed by atoms with Gasteiger partial charge in [0.1, 0.15) is 0 Å². The Morgan fingerprint density at radius 3 is 2.61 bits per heavy atom. The van der Waals surface area contributed by atoms with E-state index in [0.717, 1.165) is 17.6 Å². The molecule has 0 atom stereocenters. The second-order valence-electron chi connectivity index (χ2n) is 3.83. The third-order valence-corrected chi connectivity index (χ3v) is 2.91. The molecule has 0 spiro atoms. The fourth-order valence-electron chi connectivity index (χ4n) is 1.65. The van der Waals surface area contributed by atoms with Crippen molar-refractivity contribution in [2.24, 2.45) is 5.73 Å². The first-order valence-corrected chi connectivity index (χ1v) is 6.43. The van der Waals surface area contributed by atoms with Crippen LogP contribution in [0.15, 0.2) is 17.7 Å². The zero-order chi connectivity index (χ0) is 13.5. The van der Waals surface area contributed by atoms with Gasteiger partial charge in [-0.15, -0.1) is 0 Å². The summed E-state index contributed by atoms with van der Waals surface area (Å²) in [5.41, 5.74) is 7.80. The molecule has 18 heavy (non-hydrogen) atoms. The molecule has 0 bridgehead atoms. The average molecular weight is 270 g/mol. The van der Waals surface area contributed by atoms with Crippen molar-refractivity contribution >= 4 is 17.7 Å². The first-order valence-electron chi connectivity index (χ1n) is 6.06. The predicted octanol–water partition coefficient (Wildman–Crippen LogP) is 3.50. The molecule has 1 aromatic rings. The summed E-state index contributed by atoms with van der Waals surface area (Å²) in [5, 5.41) is 0.551. The number of methoxy groups -OCH3 is 1. The topological polar surface area (TPSA) is 44.5 Å². The van der Waals surface area contributed by atoms with Crippen molar-refractivity contribution in [2.45, 2.75) is 20.3 Å². The van der Waals surface area contributed by atoms with E-state index in [1.54, 1.807) is 7.11 Å². The van der Waals surface area contributed by atoms with E-state index in [0.29, 0.717) is 29.7 Å². The Balaban J connectivity index is 3.17.